The Bertz CT molecular complexity index is 1820. The molecule has 0 amide bonds. The van der Waals surface area contributed by atoms with Crippen molar-refractivity contribution in [3.63, 3.8) is 0 Å². The molecule has 0 aliphatic carbocycles. The van der Waals surface area contributed by atoms with Crippen LogP contribution in [0.25, 0.3) is 0 Å². The van der Waals surface area contributed by atoms with E-state index in [2.05, 4.69) is 148 Å². The highest BCUT2D eigenvalue weighted by Crippen LogP contribution is 2.15. The molecule has 472 valence electrons. The van der Waals surface area contributed by atoms with Crippen LogP contribution in [0, 0.1) is 0 Å². The quantitative estimate of drug-likeness (QED) is 0.0195. The van der Waals surface area contributed by atoms with E-state index in [0.717, 1.165) is 122 Å². The number of nitrogens with zero attached hydrogens (tertiary/aromatic N) is 1. The number of rotatable bonds is 60. The van der Waals surface area contributed by atoms with E-state index in [1.54, 1.807) is 0 Å². The lowest BCUT2D eigenvalue weighted by Gasteiger charge is -2.26. The van der Waals surface area contributed by atoms with Crippen LogP contribution in [-0.4, -0.2) is 82.3 Å². The summed E-state index contributed by atoms with van der Waals surface area (Å²) in [6, 6.07) is 0. The number of carboxylic acids is 1. The van der Waals surface area contributed by atoms with Gasteiger partial charge in [-0.15, -0.1) is 0 Å². The third-order valence-electron chi connectivity index (χ3n) is 13.9. The molecule has 0 aliphatic rings. The third kappa shape index (κ3) is 64.8. The monoisotopic (exact) mass is 1150 g/mol. The Morgan fingerprint density at radius 1 is 0.373 bits per heavy atom. The predicted molar refractivity (Wildman–Crippen MR) is 352 cm³/mol. The first-order valence-electron chi connectivity index (χ1n) is 33.3. The minimum absolute atomic E-state index is 0.138. The van der Waals surface area contributed by atoms with Gasteiger partial charge in [0.05, 0.1) is 40.3 Å². The van der Waals surface area contributed by atoms with Crippen LogP contribution in [0.5, 0.6) is 0 Å². The number of unbranched alkanes of at least 4 members (excludes halogenated alkanes) is 23. The standard InChI is InChI=1S/C74H123NO8/c1-6-8-10-12-14-16-18-20-22-24-26-28-30-32-33-34-35-36-37-38-39-41-43-45-47-49-51-53-55-57-59-61-63-65-72(77)83-70(69-82-74(73(78)79)80-67-66-75(3,4)5)68-81-71(76)64-62-60-58-56-54-52-50-48-46-44-42-40-31-29-27-25-23-21-19-17-15-13-11-9-7-2/h8,10,14,16,19-22,25-28,31-33,35-36,38-40,43,45,70,74H,6-7,9,11-13,15,17-18,23-24,29-30,34,37,41-42,44,46-69H2,1-5H3/b10-8-,16-14-,21-19-,22-20-,27-25-,28-26-,33-32-,36-35-,39-38-,40-31-,45-43-. The van der Waals surface area contributed by atoms with Gasteiger partial charge in [-0.25, -0.2) is 0 Å². The highest BCUT2D eigenvalue weighted by molar-refractivity contribution is 5.70. The fourth-order valence-corrected chi connectivity index (χ4v) is 8.79. The minimum Gasteiger partial charge on any atom is -0.545 e. The Morgan fingerprint density at radius 3 is 1.02 bits per heavy atom. The van der Waals surface area contributed by atoms with Crippen molar-refractivity contribution in [1.29, 1.82) is 0 Å². The summed E-state index contributed by atoms with van der Waals surface area (Å²) in [7, 11) is 5.92. The van der Waals surface area contributed by atoms with Gasteiger partial charge in [-0.2, -0.15) is 0 Å². The minimum atomic E-state index is -1.63. The highest BCUT2D eigenvalue weighted by Gasteiger charge is 2.22. The van der Waals surface area contributed by atoms with Crippen LogP contribution in [0.3, 0.4) is 0 Å². The number of esters is 2. The number of carbonyl (C=O) groups is 3. The van der Waals surface area contributed by atoms with Crippen molar-refractivity contribution in [2.75, 3.05) is 47.5 Å². The van der Waals surface area contributed by atoms with Gasteiger partial charge in [-0.1, -0.05) is 263 Å². The fraction of sp³-hybridized carbons (Fsp3) is 0.662. The van der Waals surface area contributed by atoms with Gasteiger partial charge in [0, 0.05) is 12.8 Å². The van der Waals surface area contributed by atoms with Crippen LogP contribution in [0.1, 0.15) is 258 Å². The van der Waals surface area contributed by atoms with Crippen LogP contribution >= 0.6 is 0 Å². The molecule has 0 spiro atoms. The molecule has 0 radical (unpaired) electrons. The summed E-state index contributed by atoms with van der Waals surface area (Å²) in [5.74, 6) is -2.31. The lowest BCUT2D eigenvalue weighted by molar-refractivity contribution is -0.870. The van der Waals surface area contributed by atoms with Crippen LogP contribution in [0.4, 0.5) is 0 Å². The normalized spacial score (nSPS) is 13.6. The van der Waals surface area contributed by atoms with Crippen molar-refractivity contribution in [1.82, 2.24) is 0 Å². The number of likely N-dealkylation sites (N-methyl/N-ethyl adjacent to an activating group) is 1. The van der Waals surface area contributed by atoms with Gasteiger partial charge in [-0.05, 0) is 116 Å². The number of hydrogen-bond donors (Lipinski definition) is 0. The zero-order valence-electron chi connectivity index (χ0n) is 53.8. The number of ether oxygens (including phenoxy) is 4. The largest absolute Gasteiger partial charge is 0.545 e. The first-order valence-corrected chi connectivity index (χ1v) is 33.3. The van der Waals surface area contributed by atoms with Gasteiger partial charge < -0.3 is 33.3 Å². The van der Waals surface area contributed by atoms with Gasteiger partial charge in [0.15, 0.2) is 12.4 Å². The topological polar surface area (TPSA) is 111 Å². The van der Waals surface area contributed by atoms with Crippen LogP contribution in [0.15, 0.2) is 134 Å². The van der Waals surface area contributed by atoms with Gasteiger partial charge in [-0.3, -0.25) is 9.59 Å². The second-order valence-electron chi connectivity index (χ2n) is 23.0. The van der Waals surface area contributed by atoms with E-state index in [1.807, 2.05) is 21.1 Å². The van der Waals surface area contributed by atoms with Gasteiger partial charge >= 0.3 is 11.9 Å². The zero-order valence-corrected chi connectivity index (χ0v) is 53.8. The molecule has 0 saturated carbocycles. The summed E-state index contributed by atoms with van der Waals surface area (Å²) < 4.78 is 22.8. The zero-order chi connectivity index (χ0) is 60.5. The molecule has 2 unspecified atom stereocenters. The Balaban J connectivity index is 4.24. The van der Waals surface area contributed by atoms with Gasteiger partial charge in [0.25, 0.3) is 0 Å². The smallest absolute Gasteiger partial charge is 0.306 e. The van der Waals surface area contributed by atoms with Crippen molar-refractivity contribution >= 4 is 17.9 Å². The molecule has 0 aliphatic heterocycles. The maximum atomic E-state index is 12.9. The summed E-state index contributed by atoms with van der Waals surface area (Å²) in [5.41, 5.74) is 0. The van der Waals surface area contributed by atoms with Gasteiger partial charge in [0.2, 0.25) is 0 Å². The molecule has 0 heterocycles. The molecule has 0 aromatic heterocycles. The van der Waals surface area contributed by atoms with E-state index in [4.69, 9.17) is 18.9 Å². The van der Waals surface area contributed by atoms with E-state index in [0.29, 0.717) is 17.4 Å². The van der Waals surface area contributed by atoms with E-state index in [1.165, 1.54) is 103 Å². The van der Waals surface area contributed by atoms with Crippen LogP contribution in [0.2, 0.25) is 0 Å². The molecular weight excluding hydrogens is 1030 g/mol. The lowest BCUT2D eigenvalue weighted by Crippen LogP contribution is -2.44. The van der Waals surface area contributed by atoms with Crippen molar-refractivity contribution in [3.8, 4) is 0 Å². The molecule has 0 saturated heterocycles. The van der Waals surface area contributed by atoms with Crippen molar-refractivity contribution in [2.24, 2.45) is 0 Å². The van der Waals surface area contributed by atoms with E-state index in [-0.39, 0.29) is 38.6 Å². The average molecular weight is 1150 g/mol. The second-order valence-corrected chi connectivity index (χ2v) is 23.0. The molecule has 2 atom stereocenters. The van der Waals surface area contributed by atoms with E-state index < -0.39 is 24.3 Å². The first kappa shape index (κ1) is 78.4. The molecule has 9 nitrogen and oxygen atoms in total. The summed E-state index contributed by atoms with van der Waals surface area (Å²) in [6.07, 6.45) is 87.9. The Kier molecular flexibility index (Phi) is 60.0. The average Bonchev–Trinajstić information content (AvgIpc) is 3.46. The number of carboxylic acid groups (broad SMARTS) is 1. The summed E-state index contributed by atoms with van der Waals surface area (Å²) in [6.45, 7) is 4.61. The molecule has 0 bridgehead atoms. The Morgan fingerprint density at radius 2 is 0.687 bits per heavy atom. The molecule has 0 aromatic carbocycles. The number of hydrogen-bond acceptors (Lipinski definition) is 8. The maximum absolute atomic E-state index is 12.9. The summed E-state index contributed by atoms with van der Waals surface area (Å²) in [4.78, 5) is 37.5. The predicted octanol–water partition coefficient (Wildman–Crippen LogP) is 19.2. The fourth-order valence-electron chi connectivity index (χ4n) is 8.79. The molecular formula is C74H123NO8. The lowest BCUT2D eigenvalue weighted by atomic mass is 10.1. The number of allylic oxidation sites excluding steroid dienone is 22. The second kappa shape index (κ2) is 63.5. The van der Waals surface area contributed by atoms with E-state index in [9.17, 15) is 19.5 Å². The maximum Gasteiger partial charge on any atom is 0.306 e. The molecule has 83 heavy (non-hydrogen) atoms. The van der Waals surface area contributed by atoms with E-state index >= 15 is 0 Å². The summed E-state index contributed by atoms with van der Waals surface area (Å²) >= 11 is 0. The Hall–Kier alpha value is -4.57. The first-order chi connectivity index (χ1) is 40.6. The van der Waals surface area contributed by atoms with Crippen molar-refractivity contribution in [3.05, 3.63) is 134 Å². The van der Waals surface area contributed by atoms with Gasteiger partial charge in [0.1, 0.15) is 13.2 Å². The molecule has 0 N–H and O–H groups in total. The van der Waals surface area contributed by atoms with Crippen molar-refractivity contribution in [2.45, 2.75) is 270 Å². The molecule has 0 rings (SSSR count). The molecule has 0 fully saturated rings. The summed E-state index contributed by atoms with van der Waals surface area (Å²) in [5, 5.41) is 11.8. The highest BCUT2D eigenvalue weighted by atomic mass is 16.7. The SMILES string of the molecule is CC/C=C\C/C=C\C/C=C\C/C=C\C/C=C\C/C=C\C/C=C\C/C=C\CCCCCCCCCCC(=O)OC(COC(=O)CCCCCCCCCCCC/C=C\C/C=C\C/C=C\CCCCCCC)COC(OCC[N+](C)(C)C)C(=O)[O-]. The third-order valence-corrected chi connectivity index (χ3v) is 13.9. The number of carbonyl (C=O) groups excluding carboxylic acids is 3. The number of quaternary nitrogens is 1. The van der Waals surface area contributed by atoms with Crippen LogP contribution in [-0.2, 0) is 33.3 Å². The molecule has 9 heteroatoms. The number of aliphatic carboxylic acids is 1. The molecule has 0 aromatic rings. The van der Waals surface area contributed by atoms with Crippen LogP contribution < -0.4 is 5.11 Å². The Labute approximate surface area is 509 Å². The van der Waals surface area contributed by atoms with Crippen molar-refractivity contribution < 1.29 is 42.9 Å².